The summed E-state index contributed by atoms with van der Waals surface area (Å²) in [5, 5.41) is 2.68. The highest BCUT2D eigenvalue weighted by Crippen LogP contribution is 2.24. The van der Waals surface area contributed by atoms with E-state index in [9.17, 15) is 9.59 Å². The van der Waals surface area contributed by atoms with Gasteiger partial charge in [-0.15, -0.1) is 0 Å². The van der Waals surface area contributed by atoms with Gasteiger partial charge in [0.15, 0.2) is 13.2 Å². The summed E-state index contributed by atoms with van der Waals surface area (Å²) in [6, 6.07) is 14.9. The molecule has 150 valence electrons. The van der Waals surface area contributed by atoms with Gasteiger partial charge in [0.25, 0.3) is 5.91 Å². The van der Waals surface area contributed by atoms with Crippen molar-refractivity contribution in [1.82, 2.24) is 0 Å². The van der Waals surface area contributed by atoms with E-state index in [1.54, 1.807) is 12.1 Å². The van der Waals surface area contributed by atoms with Gasteiger partial charge in [-0.05, 0) is 47.4 Å². The van der Waals surface area contributed by atoms with Gasteiger partial charge < -0.3 is 19.7 Å². The fourth-order valence-corrected chi connectivity index (χ4v) is 2.42. The highest BCUT2D eigenvalue weighted by Gasteiger charge is 2.13. The monoisotopic (exact) mass is 384 g/mol. The summed E-state index contributed by atoms with van der Waals surface area (Å²) in [5.74, 6) is -0.422. The summed E-state index contributed by atoms with van der Waals surface area (Å²) in [4.78, 5) is 25.7. The van der Waals surface area contributed by atoms with Crippen LogP contribution in [0.2, 0.25) is 0 Å². The van der Waals surface area contributed by atoms with Gasteiger partial charge in [-0.3, -0.25) is 4.79 Å². The van der Waals surface area contributed by atoms with Crippen LogP contribution < -0.4 is 15.0 Å². The Kier molecular flexibility index (Phi) is 7.04. The van der Waals surface area contributed by atoms with Crippen molar-refractivity contribution in [2.45, 2.75) is 26.2 Å². The molecule has 2 rings (SSSR count). The first-order valence-electron chi connectivity index (χ1n) is 9.11. The molecule has 2 aromatic carbocycles. The first kappa shape index (κ1) is 21.3. The third kappa shape index (κ3) is 6.61. The molecule has 6 nitrogen and oxygen atoms in total. The molecule has 0 heterocycles. The number of amides is 1. The molecule has 0 saturated carbocycles. The fourth-order valence-electron chi connectivity index (χ4n) is 2.42. The van der Waals surface area contributed by atoms with Gasteiger partial charge in [0.1, 0.15) is 5.75 Å². The lowest BCUT2D eigenvalue weighted by molar-refractivity contribution is -0.149. The van der Waals surface area contributed by atoms with Crippen molar-refractivity contribution in [3.63, 3.8) is 0 Å². The standard InChI is InChI=1S/C22H28N2O4/c1-22(2,3)16-6-12-19(13-7-16)27-15-21(26)28-14-20(25)23-17-8-10-18(11-9-17)24(4)5/h6-13H,14-15H2,1-5H3,(H,23,25). The second-order valence-electron chi connectivity index (χ2n) is 7.71. The second kappa shape index (κ2) is 9.26. The van der Waals surface area contributed by atoms with E-state index in [1.807, 2.05) is 55.4 Å². The summed E-state index contributed by atoms with van der Waals surface area (Å²) >= 11 is 0. The third-order valence-electron chi connectivity index (χ3n) is 4.11. The number of ether oxygens (including phenoxy) is 2. The molecule has 0 bridgehead atoms. The fraction of sp³-hybridized carbons (Fsp3) is 0.364. The predicted octanol–water partition coefficient (Wildman–Crippen LogP) is 3.61. The van der Waals surface area contributed by atoms with E-state index in [4.69, 9.17) is 9.47 Å². The summed E-state index contributed by atoms with van der Waals surface area (Å²) < 4.78 is 10.4. The highest BCUT2D eigenvalue weighted by molar-refractivity contribution is 5.93. The Hall–Kier alpha value is -3.02. The van der Waals surface area contributed by atoms with E-state index in [-0.39, 0.29) is 18.6 Å². The Balaban J connectivity index is 1.73. The number of hydrogen-bond donors (Lipinski definition) is 1. The minimum atomic E-state index is -0.599. The first-order chi connectivity index (χ1) is 13.1. The normalized spacial score (nSPS) is 10.9. The number of esters is 1. The molecule has 28 heavy (non-hydrogen) atoms. The minimum Gasteiger partial charge on any atom is -0.482 e. The van der Waals surface area contributed by atoms with Crippen molar-refractivity contribution >= 4 is 23.3 Å². The van der Waals surface area contributed by atoms with Crippen molar-refractivity contribution in [3.05, 3.63) is 54.1 Å². The zero-order valence-electron chi connectivity index (χ0n) is 17.1. The van der Waals surface area contributed by atoms with Crippen LogP contribution in [0.3, 0.4) is 0 Å². The van der Waals surface area contributed by atoms with E-state index in [2.05, 4.69) is 26.1 Å². The smallest absolute Gasteiger partial charge is 0.344 e. The third-order valence-corrected chi connectivity index (χ3v) is 4.11. The lowest BCUT2D eigenvalue weighted by Gasteiger charge is -2.19. The van der Waals surface area contributed by atoms with Crippen LogP contribution in [0.4, 0.5) is 11.4 Å². The predicted molar refractivity (Wildman–Crippen MR) is 111 cm³/mol. The second-order valence-corrected chi connectivity index (χ2v) is 7.71. The molecule has 0 radical (unpaired) electrons. The van der Waals surface area contributed by atoms with E-state index in [0.29, 0.717) is 11.4 Å². The molecule has 2 aromatic rings. The van der Waals surface area contributed by atoms with Gasteiger partial charge in [-0.1, -0.05) is 32.9 Å². The zero-order chi connectivity index (χ0) is 20.7. The van der Waals surface area contributed by atoms with Crippen molar-refractivity contribution in [3.8, 4) is 5.75 Å². The van der Waals surface area contributed by atoms with Crippen LogP contribution in [0.1, 0.15) is 26.3 Å². The van der Waals surface area contributed by atoms with Gasteiger partial charge in [-0.25, -0.2) is 4.79 Å². The number of carbonyl (C=O) groups excluding carboxylic acids is 2. The molecule has 0 aliphatic carbocycles. The summed E-state index contributed by atoms with van der Waals surface area (Å²) in [6.07, 6.45) is 0. The largest absolute Gasteiger partial charge is 0.482 e. The Morgan fingerprint density at radius 2 is 1.54 bits per heavy atom. The van der Waals surface area contributed by atoms with Crippen molar-refractivity contribution in [1.29, 1.82) is 0 Å². The molecule has 1 amide bonds. The van der Waals surface area contributed by atoms with Gasteiger partial charge in [0.05, 0.1) is 0 Å². The van der Waals surface area contributed by atoms with Crippen LogP contribution in [0.5, 0.6) is 5.75 Å². The molecule has 0 aromatic heterocycles. The SMILES string of the molecule is CN(C)c1ccc(NC(=O)COC(=O)COc2ccc(C(C)(C)C)cc2)cc1. The molecule has 0 aliphatic rings. The number of nitrogens with zero attached hydrogens (tertiary/aromatic N) is 1. The Labute approximate surface area is 166 Å². The van der Waals surface area contributed by atoms with Gasteiger partial charge in [0, 0.05) is 25.5 Å². The van der Waals surface area contributed by atoms with Crippen LogP contribution in [0, 0.1) is 0 Å². The molecule has 0 aliphatic heterocycles. The molecular formula is C22H28N2O4. The maximum atomic E-state index is 11.9. The average Bonchev–Trinajstić information content (AvgIpc) is 2.64. The maximum Gasteiger partial charge on any atom is 0.344 e. The van der Waals surface area contributed by atoms with Crippen LogP contribution in [-0.2, 0) is 19.7 Å². The quantitative estimate of drug-likeness (QED) is 0.739. The maximum absolute atomic E-state index is 11.9. The van der Waals surface area contributed by atoms with Crippen molar-refractivity contribution < 1.29 is 19.1 Å². The topological polar surface area (TPSA) is 67.9 Å². The molecule has 0 unspecified atom stereocenters. The van der Waals surface area contributed by atoms with Crippen LogP contribution in [0.25, 0.3) is 0 Å². The van der Waals surface area contributed by atoms with Crippen LogP contribution in [0.15, 0.2) is 48.5 Å². The summed E-state index contributed by atoms with van der Waals surface area (Å²) in [7, 11) is 3.88. The van der Waals surface area contributed by atoms with Crippen LogP contribution in [-0.4, -0.2) is 39.2 Å². The lowest BCUT2D eigenvalue weighted by Crippen LogP contribution is -2.23. The van der Waals surface area contributed by atoms with Crippen molar-refractivity contribution in [2.24, 2.45) is 0 Å². The molecule has 0 spiro atoms. The number of rotatable bonds is 7. The van der Waals surface area contributed by atoms with E-state index < -0.39 is 11.9 Å². The molecular weight excluding hydrogens is 356 g/mol. The van der Waals surface area contributed by atoms with Gasteiger partial charge in [-0.2, -0.15) is 0 Å². The van der Waals surface area contributed by atoms with Crippen molar-refractivity contribution in [2.75, 3.05) is 37.5 Å². The first-order valence-corrected chi connectivity index (χ1v) is 9.11. The minimum absolute atomic E-state index is 0.0532. The number of carbonyl (C=O) groups is 2. The Morgan fingerprint density at radius 1 is 0.929 bits per heavy atom. The lowest BCUT2D eigenvalue weighted by atomic mass is 9.87. The van der Waals surface area contributed by atoms with Gasteiger partial charge >= 0.3 is 5.97 Å². The summed E-state index contributed by atoms with van der Waals surface area (Å²) in [6.45, 7) is 5.77. The van der Waals surface area contributed by atoms with Crippen LogP contribution >= 0.6 is 0 Å². The number of nitrogens with one attached hydrogen (secondary N) is 1. The summed E-state index contributed by atoms with van der Waals surface area (Å²) in [5.41, 5.74) is 2.90. The van der Waals surface area contributed by atoms with E-state index >= 15 is 0 Å². The number of hydrogen-bond acceptors (Lipinski definition) is 5. The molecule has 0 atom stereocenters. The zero-order valence-corrected chi connectivity index (χ0v) is 17.1. The molecule has 6 heteroatoms. The Bertz CT molecular complexity index is 791. The highest BCUT2D eigenvalue weighted by atomic mass is 16.6. The molecule has 0 saturated heterocycles. The molecule has 0 fully saturated rings. The van der Waals surface area contributed by atoms with E-state index in [0.717, 1.165) is 5.69 Å². The average molecular weight is 384 g/mol. The number of benzene rings is 2. The molecule has 1 N–H and O–H groups in total. The van der Waals surface area contributed by atoms with Gasteiger partial charge in [0.2, 0.25) is 0 Å². The number of anilines is 2. The Morgan fingerprint density at radius 3 is 2.07 bits per heavy atom. The van der Waals surface area contributed by atoms with E-state index in [1.165, 1.54) is 5.56 Å².